The van der Waals surface area contributed by atoms with Crippen molar-refractivity contribution in [3.05, 3.63) is 83.8 Å². The highest BCUT2D eigenvalue weighted by molar-refractivity contribution is 7.92. The average Bonchev–Trinajstić information content (AvgIpc) is 3.75. The maximum Gasteiger partial charge on any atom is 0.268 e. The Hall–Kier alpha value is -4.23. The molecule has 13 heteroatoms. The fourth-order valence-electron chi connectivity index (χ4n) is 6.28. The topological polar surface area (TPSA) is 118 Å². The molecular formula is C33H38FN5O6S. The van der Waals surface area contributed by atoms with Gasteiger partial charge < -0.3 is 18.9 Å². The monoisotopic (exact) mass is 651 g/mol. The van der Waals surface area contributed by atoms with Crippen LogP contribution in [-0.2, 0) is 21.3 Å². The molecule has 1 unspecified atom stereocenters. The second-order valence-corrected chi connectivity index (χ2v) is 13.4. The van der Waals surface area contributed by atoms with Crippen LogP contribution in [0.5, 0.6) is 17.2 Å². The van der Waals surface area contributed by atoms with Crippen LogP contribution in [0.3, 0.4) is 0 Å². The Labute approximate surface area is 268 Å². The standard InChI is InChI=1S/C33H38FN5O6S/c1-22-17-31(46(40,41)38(32-13-14-35-21-36-32)20-23-10-11-24(42-2)18-30(23)43-3)26(34)19-29(22)45-28-8-6-7-25(28)27-12-15-37-39(27)33-9-4-5-16-44-33/h10-15,17-19,21,25,28,33H,4-9,16,20H2,1-3H3/t25-,28+,33?/m1/s1. The average molecular weight is 652 g/mol. The summed E-state index contributed by atoms with van der Waals surface area (Å²) >= 11 is 0. The largest absolute Gasteiger partial charge is 0.497 e. The van der Waals surface area contributed by atoms with Crippen LogP contribution < -0.4 is 18.5 Å². The van der Waals surface area contributed by atoms with Gasteiger partial charge in [0.2, 0.25) is 0 Å². The molecule has 1 aliphatic heterocycles. The van der Waals surface area contributed by atoms with Crippen LogP contribution in [0.2, 0.25) is 0 Å². The molecular weight excluding hydrogens is 613 g/mol. The zero-order chi connectivity index (χ0) is 32.3. The van der Waals surface area contributed by atoms with Crippen molar-refractivity contribution in [3.63, 3.8) is 0 Å². The van der Waals surface area contributed by atoms with Crippen LogP contribution in [0.1, 0.15) is 67.5 Å². The predicted molar refractivity (Wildman–Crippen MR) is 168 cm³/mol. The summed E-state index contributed by atoms with van der Waals surface area (Å²) < 4.78 is 70.5. The number of nitrogens with zero attached hydrogens (tertiary/aromatic N) is 5. The Bertz CT molecular complexity index is 1760. The molecule has 0 radical (unpaired) electrons. The Morgan fingerprint density at radius 1 is 1.00 bits per heavy atom. The molecule has 2 aromatic carbocycles. The van der Waals surface area contributed by atoms with Crippen LogP contribution in [0.15, 0.2) is 66.1 Å². The van der Waals surface area contributed by atoms with E-state index in [0.717, 1.165) is 48.5 Å². The number of aromatic nitrogens is 4. The van der Waals surface area contributed by atoms with Gasteiger partial charge in [0, 0.05) is 54.4 Å². The molecule has 244 valence electrons. The molecule has 6 rings (SSSR count). The van der Waals surface area contributed by atoms with Crippen molar-refractivity contribution < 1.29 is 31.8 Å². The number of sulfonamides is 1. The number of aryl methyl sites for hydroxylation is 1. The molecule has 0 spiro atoms. The number of hydrogen-bond acceptors (Lipinski definition) is 9. The van der Waals surface area contributed by atoms with Crippen molar-refractivity contribution in [2.24, 2.45) is 0 Å². The minimum atomic E-state index is -4.45. The van der Waals surface area contributed by atoms with Crippen LogP contribution in [-0.4, -0.2) is 55.1 Å². The normalized spacial score (nSPS) is 20.0. The summed E-state index contributed by atoms with van der Waals surface area (Å²) in [6, 6.07) is 11.0. The van der Waals surface area contributed by atoms with E-state index in [9.17, 15) is 8.42 Å². The van der Waals surface area contributed by atoms with Gasteiger partial charge in [-0.2, -0.15) is 5.10 Å². The van der Waals surface area contributed by atoms with Crippen LogP contribution in [0.25, 0.3) is 0 Å². The van der Waals surface area contributed by atoms with E-state index in [4.69, 9.17) is 18.9 Å². The van der Waals surface area contributed by atoms with E-state index in [1.54, 1.807) is 31.3 Å². The number of halogens is 1. The molecule has 1 saturated heterocycles. The molecule has 0 N–H and O–H groups in total. The number of anilines is 1. The first-order valence-electron chi connectivity index (χ1n) is 15.4. The third-order valence-electron chi connectivity index (χ3n) is 8.67. The molecule has 11 nitrogen and oxygen atoms in total. The smallest absolute Gasteiger partial charge is 0.268 e. The van der Waals surface area contributed by atoms with Gasteiger partial charge in [-0.15, -0.1) is 0 Å². The maximum absolute atomic E-state index is 15.9. The van der Waals surface area contributed by atoms with Crippen LogP contribution in [0.4, 0.5) is 10.2 Å². The summed E-state index contributed by atoms with van der Waals surface area (Å²) in [4.78, 5) is 7.61. The summed E-state index contributed by atoms with van der Waals surface area (Å²) in [6.07, 6.45) is 9.82. The third-order valence-corrected chi connectivity index (χ3v) is 10.4. The van der Waals surface area contributed by atoms with Crippen molar-refractivity contribution >= 4 is 15.8 Å². The summed E-state index contributed by atoms with van der Waals surface area (Å²) in [6.45, 7) is 2.26. The first-order chi connectivity index (χ1) is 22.3. The first-order valence-corrected chi connectivity index (χ1v) is 16.9. The molecule has 0 amide bonds. The molecule has 1 saturated carbocycles. The lowest BCUT2D eigenvalue weighted by Crippen LogP contribution is -2.32. The lowest BCUT2D eigenvalue weighted by atomic mass is 10.0. The minimum absolute atomic E-state index is 0.0478. The highest BCUT2D eigenvalue weighted by Crippen LogP contribution is 2.40. The highest BCUT2D eigenvalue weighted by Gasteiger charge is 2.36. The molecule has 2 fully saturated rings. The van der Waals surface area contributed by atoms with Crippen molar-refractivity contribution in [2.75, 3.05) is 25.1 Å². The van der Waals surface area contributed by atoms with Crippen LogP contribution >= 0.6 is 0 Å². The van der Waals surface area contributed by atoms with Crippen LogP contribution in [0, 0.1) is 12.7 Å². The Morgan fingerprint density at radius 3 is 2.61 bits per heavy atom. The van der Waals surface area contributed by atoms with E-state index in [1.807, 2.05) is 10.7 Å². The van der Waals surface area contributed by atoms with E-state index in [2.05, 4.69) is 15.1 Å². The van der Waals surface area contributed by atoms with Crippen molar-refractivity contribution in [1.82, 2.24) is 19.7 Å². The predicted octanol–water partition coefficient (Wildman–Crippen LogP) is 5.95. The maximum atomic E-state index is 15.9. The second kappa shape index (κ2) is 13.6. The minimum Gasteiger partial charge on any atom is -0.497 e. The number of hydrogen-bond donors (Lipinski definition) is 0. The van der Waals surface area contributed by atoms with E-state index in [0.29, 0.717) is 35.0 Å². The molecule has 2 aromatic heterocycles. The van der Waals surface area contributed by atoms with Gasteiger partial charge in [-0.05, 0) is 75.3 Å². The molecule has 2 aliphatic rings. The Kier molecular flexibility index (Phi) is 9.41. The fraction of sp³-hybridized carbons (Fsp3) is 0.424. The number of methoxy groups -OCH3 is 2. The molecule has 1 aliphatic carbocycles. The number of benzene rings is 2. The van der Waals surface area contributed by atoms with Crippen molar-refractivity contribution in [2.45, 2.75) is 75.1 Å². The Morgan fingerprint density at radius 2 is 1.87 bits per heavy atom. The third kappa shape index (κ3) is 6.38. The van der Waals surface area contributed by atoms with Gasteiger partial charge >= 0.3 is 0 Å². The van der Waals surface area contributed by atoms with E-state index < -0.39 is 20.7 Å². The highest BCUT2D eigenvalue weighted by atomic mass is 32.2. The van der Waals surface area contributed by atoms with Gasteiger partial charge in [0.25, 0.3) is 10.0 Å². The SMILES string of the molecule is COc1ccc(CN(c2ccncn2)S(=O)(=O)c2cc(C)c(O[C@H]3CCC[C@@H]3c3ccnn3C3CCCCO3)cc2F)c(OC)c1. The summed E-state index contributed by atoms with van der Waals surface area (Å²) in [5.74, 6) is 0.474. The van der Waals surface area contributed by atoms with Gasteiger partial charge in [-0.25, -0.2) is 31.8 Å². The number of ether oxygens (including phenoxy) is 4. The number of rotatable bonds is 11. The van der Waals surface area contributed by atoms with Crippen molar-refractivity contribution in [3.8, 4) is 17.2 Å². The molecule has 0 bridgehead atoms. The zero-order valence-electron chi connectivity index (χ0n) is 26.1. The molecule has 46 heavy (non-hydrogen) atoms. The van der Waals surface area contributed by atoms with Gasteiger partial charge in [-0.1, -0.05) is 0 Å². The molecule has 3 atom stereocenters. The van der Waals surface area contributed by atoms with E-state index in [1.165, 1.54) is 44.9 Å². The first kappa shape index (κ1) is 31.7. The lowest BCUT2D eigenvalue weighted by molar-refractivity contribution is -0.0423. The quantitative estimate of drug-likeness (QED) is 0.194. The van der Waals surface area contributed by atoms with Gasteiger partial charge in [0.05, 0.1) is 20.8 Å². The van der Waals surface area contributed by atoms with E-state index in [-0.39, 0.29) is 30.6 Å². The second-order valence-electron chi connectivity index (χ2n) is 11.5. The fourth-order valence-corrected chi connectivity index (χ4v) is 7.81. The van der Waals surface area contributed by atoms with Gasteiger partial charge in [0.1, 0.15) is 52.4 Å². The van der Waals surface area contributed by atoms with E-state index >= 15 is 4.39 Å². The summed E-state index contributed by atoms with van der Waals surface area (Å²) in [7, 11) is -1.45. The summed E-state index contributed by atoms with van der Waals surface area (Å²) in [5.41, 5.74) is 2.08. The lowest BCUT2D eigenvalue weighted by Gasteiger charge is -2.28. The molecule has 3 heterocycles. The Balaban J connectivity index is 1.29. The summed E-state index contributed by atoms with van der Waals surface area (Å²) in [5, 5.41) is 4.57. The molecule has 4 aromatic rings. The van der Waals surface area contributed by atoms with Crippen molar-refractivity contribution in [1.29, 1.82) is 0 Å². The zero-order valence-corrected chi connectivity index (χ0v) is 27.0. The van der Waals surface area contributed by atoms with Gasteiger partial charge in [0.15, 0.2) is 0 Å². The van der Waals surface area contributed by atoms with Gasteiger partial charge in [-0.3, -0.25) is 0 Å².